The van der Waals surface area contributed by atoms with Gasteiger partial charge >= 0.3 is 0 Å². The van der Waals surface area contributed by atoms with Gasteiger partial charge in [0, 0.05) is 39.7 Å². The largest absolute Gasteiger partial charge is 0.373 e. The van der Waals surface area contributed by atoms with Crippen molar-refractivity contribution in [1.29, 1.82) is 0 Å². The van der Waals surface area contributed by atoms with Crippen LogP contribution in [-0.4, -0.2) is 52.4 Å². The molecule has 3 rings (SSSR count). The number of hydrogen-bond donors (Lipinski definition) is 1. The lowest BCUT2D eigenvalue weighted by Gasteiger charge is -2.23. The number of rotatable bonds is 6. The van der Waals surface area contributed by atoms with Crippen LogP contribution in [0.5, 0.6) is 0 Å². The smallest absolute Gasteiger partial charge is 0.194 e. The van der Waals surface area contributed by atoms with Gasteiger partial charge in [-0.15, -0.1) is 0 Å². The zero-order valence-corrected chi connectivity index (χ0v) is 15.8. The summed E-state index contributed by atoms with van der Waals surface area (Å²) in [6.45, 7) is 5.10. The van der Waals surface area contributed by atoms with E-state index in [9.17, 15) is 0 Å². The molecule has 0 amide bonds. The number of ether oxygens (including phenoxy) is 1. The Kier molecular flexibility index (Phi) is 6.22. The van der Waals surface area contributed by atoms with Crippen molar-refractivity contribution in [3.05, 3.63) is 48.0 Å². The van der Waals surface area contributed by atoms with Crippen molar-refractivity contribution in [3.63, 3.8) is 0 Å². The van der Waals surface area contributed by atoms with Crippen LogP contribution in [0.4, 0.5) is 0 Å². The van der Waals surface area contributed by atoms with Gasteiger partial charge in [-0.1, -0.05) is 30.3 Å². The predicted molar refractivity (Wildman–Crippen MR) is 102 cm³/mol. The van der Waals surface area contributed by atoms with Crippen LogP contribution >= 0.6 is 0 Å². The lowest BCUT2D eigenvalue weighted by atomic mass is 9.95. The fraction of sp³-hybridized carbons (Fsp3) is 0.526. The molecule has 0 radical (unpaired) electrons. The molecule has 2 heterocycles. The van der Waals surface area contributed by atoms with E-state index in [1.54, 1.807) is 11.0 Å². The predicted octanol–water partition coefficient (Wildman–Crippen LogP) is 1.99. The van der Waals surface area contributed by atoms with E-state index < -0.39 is 0 Å². The van der Waals surface area contributed by atoms with E-state index in [0.717, 1.165) is 37.9 Å². The lowest BCUT2D eigenvalue weighted by Crippen LogP contribution is -2.39. The molecule has 1 aromatic heterocycles. The van der Waals surface area contributed by atoms with Crippen LogP contribution in [0.1, 0.15) is 30.8 Å². The van der Waals surface area contributed by atoms with E-state index in [1.165, 1.54) is 5.56 Å². The van der Waals surface area contributed by atoms with E-state index in [4.69, 9.17) is 9.73 Å². The third-order valence-corrected chi connectivity index (χ3v) is 4.70. The van der Waals surface area contributed by atoms with Gasteiger partial charge in [0.15, 0.2) is 5.96 Å². The zero-order valence-electron chi connectivity index (χ0n) is 15.8. The summed E-state index contributed by atoms with van der Waals surface area (Å²) in [4.78, 5) is 11.3. The van der Waals surface area contributed by atoms with E-state index >= 15 is 0 Å². The second kappa shape index (κ2) is 8.80. The van der Waals surface area contributed by atoms with Gasteiger partial charge in [0.2, 0.25) is 0 Å². The summed E-state index contributed by atoms with van der Waals surface area (Å²) < 4.78 is 7.77. The molecule has 0 spiro atoms. The van der Waals surface area contributed by atoms with Gasteiger partial charge in [-0.3, -0.25) is 9.67 Å². The van der Waals surface area contributed by atoms with Crippen molar-refractivity contribution >= 4 is 5.96 Å². The van der Waals surface area contributed by atoms with Gasteiger partial charge in [0.1, 0.15) is 12.2 Å². The number of aromatic nitrogens is 3. The Morgan fingerprint density at radius 2 is 2.19 bits per heavy atom. The summed E-state index contributed by atoms with van der Waals surface area (Å²) in [7, 11) is 3.93. The maximum Gasteiger partial charge on any atom is 0.194 e. The summed E-state index contributed by atoms with van der Waals surface area (Å²) in [6, 6.07) is 10.4. The summed E-state index contributed by atoms with van der Waals surface area (Å²) >= 11 is 0. The molecule has 1 fully saturated rings. The molecule has 0 aliphatic carbocycles. The molecule has 1 aromatic carbocycles. The quantitative estimate of drug-likeness (QED) is 0.633. The first-order valence-corrected chi connectivity index (χ1v) is 9.18. The number of hydrogen-bond acceptors (Lipinski definition) is 4. The minimum absolute atomic E-state index is 0.131. The molecule has 7 heteroatoms. The number of nitrogens with zero attached hydrogens (tertiary/aromatic N) is 5. The summed E-state index contributed by atoms with van der Waals surface area (Å²) in [5.41, 5.74) is 1.24. The second-order valence-electron chi connectivity index (χ2n) is 6.60. The number of aliphatic imine (C=N–C) groups is 1. The molecule has 0 bridgehead atoms. The average molecular weight is 356 g/mol. The van der Waals surface area contributed by atoms with Crippen molar-refractivity contribution in [2.45, 2.75) is 26.0 Å². The molecule has 2 atom stereocenters. The summed E-state index contributed by atoms with van der Waals surface area (Å²) in [5, 5.41) is 7.50. The molecule has 1 aliphatic heterocycles. The van der Waals surface area contributed by atoms with Crippen LogP contribution in [-0.2, 0) is 18.3 Å². The highest BCUT2D eigenvalue weighted by molar-refractivity contribution is 5.79. The first kappa shape index (κ1) is 18.4. The lowest BCUT2D eigenvalue weighted by molar-refractivity contribution is 0.0925. The van der Waals surface area contributed by atoms with Crippen molar-refractivity contribution in [2.24, 2.45) is 18.0 Å². The van der Waals surface area contributed by atoms with Crippen LogP contribution in [0.15, 0.2) is 41.7 Å². The maximum absolute atomic E-state index is 5.98. The highest BCUT2D eigenvalue weighted by atomic mass is 16.5. The standard InChI is InChI=1S/C19H28N6O/c1-4-20-19(24(2)13-17-22-14-23-25(17)3)21-12-16-10-11-26-18(16)15-8-6-5-7-9-15/h5-9,14,16,18H,4,10-13H2,1-3H3,(H,20,21). The van der Waals surface area contributed by atoms with Gasteiger partial charge in [0.25, 0.3) is 0 Å². The van der Waals surface area contributed by atoms with Gasteiger partial charge < -0.3 is 15.0 Å². The molecular weight excluding hydrogens is 328 g/mol. The Morgan fingerprint density at radius 1 is 1.38 bits per heavy atom. The van der Waals surface area contributed by atoms with Crippen LogP contribution in [0, 0.1) is 5.92 Å². The van der Waals surface area contributed by atoms with E-state index in [1.807, 2.05) is 20.2 Å². The van der Waals surface area contributed by atoms with Crippen LogP contribution in [0.25, 0.3) is 0 Å². The number of aryl methyl sites for hydroxylation is 1. The molecule has 1 N–H and O–H groups in total. The molecule has 7 nitrogen and oxygen atoms in total. The van der Waals surface area contributed by atoms with Gasteiger partial charge in [-0.25, -0.2) is 4.98 Å². The Morgan fingerprint density at radius 3 is 2.88 bits per heavy atom. The van der Waals surface area contributed by atoms with Crippen molar-refractivity contribution in [3.8, 4) is 0 Å². The molecule has 2 aromatic rings. The highest BCUT2D eigenvalue weighted by Gasteiger charge is 2.29. The maximum atomic E-state index is 5.98. The molecule has 26 heavy (non-hydrogen) atoms. The van der Waals surface area contributed by atoms with Crippen LogP contribution in [0.3, 0.4) is 0 Å². The molecular formula is C19H28N6O. The first-order chi connectivity index (χ1) is 12.7. The van der Waals surface area contributed by atoms with Crippen LogP contribution < -0.4 is 5.32 Å². The fourth-order valence-electron chi connectivity index (χ4n) is 3.26. The highest BCUT2D eigenvalue weighted by Crippen LogP contribution is 2.34. The third-order valence-electron chi connectivity index (χ3n) is 4.70. The Balaban J connectivity index is 1.67. The third kappa shape index (κ3) is 4.40. The molecule has 1 aliphatic rings. The monoisotopic (exact) mass is 356 g/mol. The van der Waals surface area contributed by atoms with Gasteiger partial charge in [0.05, 0.1) is 12.6 Å². The molecule has 0 saturated carbocycles. The summed E-state index contributed by atoms with van der Waals surface area (Å²) in [5.74, 6) is 2.19. The van der Waals surface area contributed by atoms with Crippen LogP contribution in [0.2, 0.25) is 0 Å². The first-order valence-electron chi connectivity index (χ1n) is 9.18. The normalized spacial score (nSPS) is 20.3. The minimum Gasteiger partial charge on any atom is -0.373 e. The van der Waals surface area contributed by atoms with Gasteiger partial charge in [-0.2, -0.15) is 5.10 Å². The average Bonchev–Trinajstić information content (AvgIpc) is 3.28. The van der Waals surface area contributed by atoms with E-state index in [0.29, 0.717) is 12.5 Å². The number of nitrogens with one attached hydrogen (secondary N) is 1. The number of guanidine groups is 1. The second-order valence-corrected chi connectivity index (χ2v) is 6.60. The molecule has 140 valence electrons. The molecule has 2 unspecified atom stereocenters. The number of benzene rings is 1. The minimum atomic E-state index is 0.131. The molecule has 1 saturated heterocycles. The fourth-order valence-corrected chi connectivity index (χ4v) is 3.26. The van der Waals surface area contributed by atoms with Crippen molar-refractivity contribution in [2.75, 3.05) is 26.7 Å². The zero-order chi connectivity index (χ0) is 18.4. The van der Waals surface area contributed by atoms with Crippen molar-refractivity contribution < 1.29 is 4.74 Å². The summed E-state index contributed by atoms with van der Waals surface area (Å²) in [6.07, 6.45) is 2.75. The van der Waals surface area contributed by atoms with E-state index in [-0.39, 0.29) is 6.10 Å². The Labute approximate surface area is 155 Å². The SMILES string of the molecule is CCNC(=NCC1CCOC1c1ccccc1)N(C)Cc1ncnn1C. The van der Waals surface area contributed by atoms with E-state index in [2.05, 4.69) is 51.5 Å². The van der Waals surface area contributed by atoms with Crippen molar-refractivity contribution in [1.82, 2.24) is 25.0 Å². The Bertz CT molecular complexity index is 714. The Hall–Kier alpha value is -2.41. The topological polar surface area (TPSA) is 67.6 Å². The van der Waals surface area contributed by atoms with Gasteiger partial charge in [-0.05, 0) is 18.9 Å².